The summed E-state index contributed by atoms with van der Waals surface area (Å²) < 4.78 is 1.52. The highest BCUT2D eigenvalue weighted by molar-refractivity contribution is 5.95. The number of aryl methyl sites for hydroxylation is 1. The quantitative estimate of drug-likeness (QED) is 0.467. The zero-order valence-corrected chi connectivity index (χ0v) is 10.6. The number of nitrogens with one attached hydrogen (secondary N) is 1. The van der Waals surface area contributed by atoms with Crippen LogP contribution in [0.1, 0.15) is 16.2 Å². The van der Waals surface area contributed by atoms with Gasteiger partial charge < -0.3 is 11.1 Å². The van der Waals surface area contributed by atoms with Gasteiger partial charge in [0.15, 0.2) is 5.82 Å². The molecule has 104 valence electrons. The lowest BCUT2D eigenvalue weighted by molar-refractivity contribution is -0.383. The number of carbonyl (C=O) groups excluding carboxylic acids is 1. The number of amides is 1. The van der Waals surface area contributed by atoms with Gasteiger partial charge in [-0.2, -0.15) is 5.10 Å². The predicted octanol–water partition coefficient (Wildman–Crippen LogP) is 0.235. The second kappa shape index (κ2) is 5.34. The zero-order valence-electron chi connectivity index (χ0n) is 10.6. The molecule has 3 N–H and O–H groups in total. The molecule has 20 heavy (non-hydrogen) atoms. The summed E-state index contributed by atoms with van der Waals surface area (Å²) in [5.41, 5.74) is 5.48. The second-order valence-corrected chi connectivity index (χ2v) is 4.05. The Balaban J connectivity index is 2.06. The molecule has 0 saturated carbocycles. The standard InChI is InChI=1S/C11H12N6O3/c1-16-6-14-10(15-16)5-13-11(18)7-2-3-9(17(19)20)8(12)4-7/h2-4,6H,5,12H2,1H3,(H,13,18). The van der Waals surface area contributed by atoms with Crippen LogP contribution in [0, 0.1) is 10.1 Å². The molecule has 9 heteroatoms. The van der Waals surface area contributed by atoms with Crippen molar-refractivity contribution < 1.29 is 9.72 Å². The van der Waals surface area contributed by atoms with E-state index in [2.05, 4.69) is 15.4 Å². The van der Waals surface area contributed by atoms with Gasteiger partial charge in [0, 0.05) is 18.7 Å². The maximum atomic E-state index is 11.9. The molecule has 0 aliphatic carbocycles. The number of rotatable bonds is 4. The van der Waals surface area contributed by atoms with Gasteiger partial charge in [-0.05, 0) is 12.1 Å². The molecule has 0 aliphatic rings. The Morgan fingerprint density at radius 3 is 2.85 bits per heavy atom. The molecule has 0 atom stereocenters. The minimum atomic E-state index is -0.602. The molecule has 1 aromatic heterocycles. The highest BCUT2D eigenvalue weighted by Crippen LogP contribution is 2.21. The molecule has 1 amide bonds. The zero-order chi connectivity index (χ0) is 14.7. The maximum Gasteiger partial charge on any atom is 0.292 e. The largest absolute Gasteiger partial charge is 0.393 e. The first kappa shape index (κ1) is 13.5. The average Bonchev–Trinajstić information content (AvgIpc) is 2.81. The Kier molecular flexibility index (Phi) is 3.60. The summed E-state index contributed by atoms with van der Waals surface area (Å²) in [6, 6.07) is 3.80. The second-order valence-electron chi connectivity index (χ2n) is 4.05. The monoisotopic (exact) mass is 276 g/mol. The Bertz CT molecular complexity index is 666. The van der Waals surface area contributed by atoms with E-state index in [0.29, 0.717) is 5.82 Å². The number of hydrogen-bond acceptors (Lipinski definition) is 6. The van der Waals surface area contributed by atoms with E-state index in [1.807, 2.05) is 0 Å². The van der Waals surface area contributed by atoms with Gasteiger partial charge in [0.05, 0.1) is 11.5 Å². The Morgan fingerprint density at radius 2 is 2.30 bits per heavy atom. The van der Waals surface area contributed by atoms with Crippen LogP contribution < -0.4 is 11.1 Å². The van der Waals surface area contributed by atoms with Gasteiger partial charge in [-0.25, -0.2) is 4.98 Å². The summed E-state index contributed by atoms with van der Waals surface area (Å²) in [5, 5.41) is 17.2. The molecule has 9 nitrogen and oxygen atoms in total. The van der Waals surface area contributed by atoms with Crippen molar-refractivity contribution in [3.63, 3.8) is 0 Å². The lowest BCUT2D eigenvalue weighted by atomic mass is 10.1. The SMILES string of the molecule is Cn1cnc(CNC(=O)c2ccc([N+](=O)[O-])c(N)c2)n1. The van der Waals surface area contributed by atoms with Crippen LogP contribution in [0.2, 0.25) is 0 Å². The van der Waals surface area contributed by atoms with Crippen molar-refractivity contribution in [2.24, 2.45) is 7.05 Å². The number of nitrogens with zero attached hydrogens (tertiary/aromatic N) is 4. The van der Waals surface area contributed by atoms with Crippen molar-refractivity contribution in [1.82, 2.24) is 20.1 Å². The van der Waals surface area contributed by atoms with Crippen LogP contribution in [0.4, 0.5) is 11.4 Å². The summed E-state index contributed by atoms with van der Waals surface area (Å²) in [5.74, 6) is 0.0646. The fourth-order valence-electron chi connectivity index (χ4n) is 1.59. The third-order valence-corrected chi connectivity index (χ3v) is 2.54. The molecule has 1 heterocycles. The molecule has 1 aromatic carbocycles. The van der Waals surface area contributed by atoms with Gasteiger partial charge in [-0.1, -0.05) is 0 Å². The molecule has 0 unspecified atom stereocenters. The number of anilines is 1. The number of benzene rings is 1. The molecule has 0 aliphatic heterocycles. The molecule has 0 spiro atoms. The lowest BCUT2D eigenvalue weighted by Crippen LogP contribution is -2.23. The lowest BCUT2D eigenvalue weighted by Gasteiger charge is -2.04. The summed E-state index contributed by atoms with van der Waals surface area (Å²) in [7, 11) is 1.72. The highest BCUT2D eigenvalue weighted by Gasteiger charge is 2.14. The van der Waals surface area contributed by atoms with Crippen LogP contribution in [0.15, 0.2) is 24.5 Å². The van der Waals surface area contributed by atoms with E-state index in [4.69, 9.17) is 5.73 Å². The maximum absolute atomic E-state index is 11.9. The van der Waals surface area contributed by atoms with E-state index in [0.717, 1.165) is 0 Å². The third-order valence-electron chi connectivity index (χ3n) is 2.54. The van der Waals surface area contributed by atoms with Crippen LogP contribution in [0.25, 0.3) is 0 Å². The van der Waals surface area contributed by atoms with E-state index < -0.39 is 10.8 Å². The summed E-state index contributed by atoms with van der Waals surface area (Å²) in [4.78, 5) is 25.8. The van der Waals surface area contributed by atoms with Crippen LogP contribution in [0.3, 0.4) is 0 Å². The van der Waals surface area contributed by atoms with Crippen LogP contribution in [0.5, 0.6) is 0 Å². The van der Waals surface area contributed by atoms with Crippen molar-refractivity contribution in [2.45, 2.75) is 6.54 Å². The van der Waals surface area contributed by atoms with Crippen molar-refractivity contribution >= 4 is 17.3 Å². The molecule has 0 fully saturated rings. The number of hydrogen-bond donors (Lipinski definition) is 2. The van der Waals surface area contributed by atoms with E-state index in [1.165, 1.54) is 29.2 Å². The predicted molar refractivity (Wildman–Crippen MR) is 69.7 cm³/mol. The molecule has 2 aromatic rings. The molecule has 0 radical (unpaired) electrons. The molecular weight excluding hydrogens is 264 g/mol. The van der Waals surface area contributed by atoms with E-state index >= 15 is 0 Å². The molecular formula is C11H12N6O3. The van der Waals surface area contributed by atoms with Crippen molar-refractivity contribution in [3.05, 3.63) is 46.0 Å². The fraction of sp³-hybridized carbons (Fsp3) is 0.182. The molecule has 2 rings (SSSR count). The number of aromatic nitrogens is 3. The van der Waals surface area contributed by atoms with Gasteiger partial charge in [-0.3, -0.25) is 19.6 Å². The summed E-state index contributed by atoms with van der Waals surface area (Å²) in [6.45, 7) is 0.163. The number of nitrogens with two attached hydrogens (primary N) is 1. The van der Waals surface area contributed by atoms with Crippen molar-refractivity contribution in [3.8, 4) is 0 Å². The minimum Gasteiger partial charge on any atom is -0.393 e. The van der Waals surface area contributed by atoms with E-state index in [-0.39, 0.29) is 23.5 Å². The number of nitro groups is 1. The average molecular weight is 276 g/mol. The minimum absolute atomic E-state index is 0.0568. The van der Waals surface area contributed by atoms with Gasteiger partial charge in [0.2, 0.25) is 0 Å². The summed E-state index contributed by atoms with van der Waals surface area (Å²) >= 11 is 0. The smallest absolute Gasteiger partial charge is 0.292 e. The van der Waals surface area contributed by atoms with Crippen LogP contribution in [-0.4, -0.2) is 25.6 Å². The third kappa shape index (κ3) is 2.88. The first-order chi connectivity index (χ1) is 9.47. The Hall–Kier alpha value is -2.97. The first-order valence-corrected chi connectivity index (χ1v) is 5.64. The van der Waals surface area contributed by atoms with Gasteiger partial charge in [0.25, 0.3) is 11.6 Å². The number of nitro benzene ring substituents is 1. The number of carbonyl (C=O) groups is 1. The van der Waals surface area contributed by atoms with Gasteiger partial charge in [-0.15, -0.1) is 0 Å². The Labute approximate surface area is 113 Å². The van der Waals surface area contributed by atoms with Crippen molar-refractivity contribution in [1.29, 1.82) is 0 Å². The summed E-state index contributed by atoms with van der Waals surface area (Å²) in [6.07, 6.45) is 1.52. The van der Waals surface area contributed by atoms with Crippen LogP contribution in [-0.2, 0) is 13.6 Å². The topological polar surface area (TPSA) is 129 Å². The van der Waals surface area contributed by atoms with E-state index in [9.17, 15) is 14.9 Å². The van der Waals surface area contributed by atoms with Crippen molar-refractivity contribution in [2.75, 3.05) is 5.73 Å². The normalized spacial score (nSPS) is 10.2. The van der Waals surface area contributed by atoms with Gasteiger partial charge >= 0.3 is 0 Å². The van der Waals surface area contributed by atoms with E-state index in [1.54, 1.807) is 7.05 Å². The highest BCUT2D eigenvalue weighted by atomic mass is 16.6. The van der Waals surface area contributed by atoms with Gasteiger partial charge in [0.1, 0.15) is 12.0 Å². The Morgan fingerprint density at radius 1 is 1.55 bits per heavy atom. The molecule has 0 bridgehead atoms. The van der Waals surface area contributed by atoms with Crippen LogP contribution >= 0.6 is 0 Å². The molecule has 0 saturated heterocycles. The first-order valence-electron chi connectivity index (χ1n) is 5.64. The fourth-order valence-corrected chi connectivity index (χ4v) is 1.59. The number of nitrogen functional groups attached to an aromatic ring is 1.